The molecule has 0 saturated heterocycles. The second kappa shape index (κ2) is 6.77. The van der Waals surface area contributed by atoms with Crippen LogP contribution < -0.4 is 5.32 Å². The van der Waals surface area contributed by atoms with Crippen molar-refractivity contribution in [3.05, 3.63) is 76.9 Å². The Morgan fingerprint density at radius 1 is 1.09 bits per heavy atom. The van der Waals surface area contributed by atoms with Crippen LogP contribution in [0.4, 0.5) is 0 Å². The first-order chi connectivity index (χ1) is 10.7. The van der Waals surface area contributed by atoms with Crippen molar-refractivity contribution in [1.82, 2.24) is 15.5 Å². The summed E-state index contributed by atoms with van der Waals surface area (Å²) in [5.74, 6) is 0. The number of aromatic amines is 1. The first-order valence-electron chi connectivity index (χ1n) is 7.30. The third-order valence-electron chi connectivity index (χ3n) is 3.75. The molecule has 0 unspecified atom stereocenters. The molecule has 1 heterocycles. The zero-order chi connectivity index (χ0) is 15.4. The molecule has 2 aromatic carbocycles. The van der Waals surface area contributed by atoms with E-state index < -0.39 is 0 Å². The number of hydrogen-bond donors (Lipinski definition) is 2. The second-order valence-electron chi connectivity index (χ2n) is 5.29. The van der Waals surface area contributed by atoms with Gasteiger partial charge in [-0.25, -0.2) is 0 Å². The summed E-state index contributed by atoms with van der Waals surface area (Å²) in [6.45, 7) is 2.92. The van der Waals surface area contributed by atoms with E-state index in [2.05, 4.69) is 46.7 Å². The molecule has 0 aliphatic carbocycles. The maximum absolute atomic E-state index is 5.95. The van der Waals surface area contributed by atoms with E-state index in [1.54, 1.807) is 0 Å². The summed E-state index contributed by atoms with van der Waals surface area (Å²) in [5, 5.41) is 11.5. The lowest BCUT2D eigenvalue weighted by Crippen LogP contribution is -2.18. The summed E-state index contributed by atoms with van der Waals surface area (Å²) in [6.07, 6.45) is 1.87. The molecule has 3 aromatic rings. The number of nitrogens with one attached hydrogen (secondary N) is 2. The van der Waals surface area contributed by atoms with Gasteiger partial charge in [0.25, 0.3) is 0 Å². The molecule has 0 spiro atoms. The van der Waals surface area contributed by atoms with Gasteiger partial charge in [0, 0.05) is 23.2 Å². The van der Waals surface area contributed by atoms with Gasteiger partial charge in [0.1, 0.15) is 0 Å². The van der Waals surface area contributed by atoms with Crippen LogP contribution in [-0.2, 0) is 6.54 Å². The van der Waals surface area contributed by atoms with E-state index in [1.807, 2.05) is 36.5 Å². The van der Waals surface area contributed by atoms with E-state index in [-0.39, 0.29) is 6.04 Å². The number of nitrogens with zero attached hydrogens (tertiary/aromatic N) is 1. The highest BCUT2D eigenvalue weighted by molar-refractivity contribution is 6.30. The van der Waals surface area contributed by atoms with E-state index in [0.717, 1.165) is 28.4 Å². The quantitative estimate of drug-likeness (QED) is 0.724. The number of aromatic nitrogens is 2. The van der Waals surface area contributed by atoms with Crippen molar-refractivity contribution in [3.8, 4) is 11.3 Å². The van der Waals surface area contributed by atoms with Gasteiger partial charge in [0.05, 0.1) is 11.9 Å². The van der Waals surface area contributed by atoms with Gasteiger partial charge in [-0.3, -0.25) is 5.10 Å². The molecule has 0 aliphatic heterocycles. The van der Waals surface area contributed by atoms with Gasteiger partial charge in [0.15, 0.2) is 0 Å². The van der Waals surface area contributed by atoms with Crippen LogP contribution in [0.1, 0.15) is 24.1 Å². The molecule has 0 radical (unpaired) electrons. The van der Waals surface area contributed by atoms with Crippen LogP contribution in [0.3, 0.4) is 0 Å². The van der Waals surface area contributed by atoms with Crippen LogP contribution in [0.5, 0.6) is 0 Å². The number of rotatable bonds is 5. The summed E-state index contributed by atoms with van der Waals surface area (Å²) < 4.78 is 0. The normalized spacial score (nSPS) is 12.3. The van der Waals surface area contributed by atoms with E-state index >= 15 is 0 Å². The number of H-pyrrole nitrogens is 1. The zero-order valence-electron chi connectivity index (χ0n) is 12.4. The maximum atomic E-state index is 5.95. The Balaban J connectivity index is 1.72. The first kappa shape index (κ1) is 14.8. The van der Waals surface area contributed by atoms with Gasteiger partial charge in [-0.2, -0.15) is 5.10 Å². The molecule has 0 aliphatic rings. The van der Waals surface area contributed by atoms with Crippen LogP contribution in [0.2, 0.25) is 5.02 Å². The van der Waals surface area contributed by atoms with Crippen molar-refractivity contribution in [2.45, 2.75) is 19.5 Å². The Kier molecular flexibility index (Phi) is 4.56. The van der Waals surface area contributed by atoms with Crippen molar-refractivity contribution in [2.24, 2.45) is 0 Å². The molecule has 4 heteroatoms. The van der Waals surface area contributed by atoms with Crippen molar-refractivity contribution in [3.63, 3.8) is 0 Å². The van der Waals surface area contributed by atoms with Gasteiger partial charge in [0.2, 0.25) is 0 Å². The maximum Gasteiger partial charge on any atom is 0.0695 e. The number of hydrogen-bond acceptors (Lipinski definition) is 2. The molecule has 0 fully saturated rings. The predicted octanol–water partition coefficient (Wildman–Crippen LogP) is 4.58. The summed E-state index contributed by atoms with van der Waals surface area (Å²) in [5.41, 5.74) is 4.54. The molecular weight excluding hydrogens is 294 g/mol. The fraction of sp³-hybridized carbons (Fsp3) is 0.167. The minimum absolute atomic E-state index is 0.286. The van der Waals surface area contributed by atoms with Gasteiger partial charge in [-0.05, 0) is 30.2 Å². The van der Waals surface area contributed by atoms with E-state index in [4.69, 9.17) is 11.6 Å². The molecular formula is C18H18ClN3. The summed E-state index contributed by atoms with van der Waals surface area (Å²) in [7, 11) is 0. The summed E-state index contributed by atoms with van der Waals surface area (Å²) >= 11 is 5.95. The average Bonchev–Trinajstić information content (AvgIpc) is 3.02. The van der Waals surface area contributed by atoms with Crippen LogP contribution in [0.25, 0.3) is 11.3 Å². The van der Waals surface area contributed by atoms with Crippen LogP contribution in [-0.4, -0.2) is 10.2 Å². The van der Waals surface area contributed by atoms with Crippen LogP contribution >= 0.6 is 11.6 Å². The lowest BCUT2D eigenvalue weighted by Gasteiger charge is -2.14. The molecule has 2 N–H and O–H groups in total. The van der Waals surface area contributed by atoms with Crippen molar-refractivity contribution in [2.75, 3.05) is 0 Å². The summed E-state index contributed by atoms with van der Waals surface area (Å²) in [6, 6.07) is 18.5. The SMILES string of the molecule is C[C@@H](NCc1cn[nH]c1-c1ccc(Cl)cc1)c1ccccc1. The Bertz CT molecular complexity index is 720. The predicted molar refractivity (Wildman–Crippen MR) is 90.7 cm³/mol. The third-order valence-corrected chi connectivity index (χ3v) is 4.00. The Morgan fingerprint density at radius 3 is 2.55 bits per heavy atom. The summed E-state index contributed by atoms with van der Waals surface area (Å²) in [4.78, 5) is 0. The lowest BCUT2D eigenvalue weighted by molar-refractivity contribution is 0.575. The Labute approximate surface area is 135 Å². The number of benzene rings is 2. The molecule has 0 saturated carbocycles. The highest BCUT2D eigenvalue weighted by atomic mass is 35.5. The standard InChI is InChI=1S/C18H18ClN3/c1-13(14-5-3-2-4-6-14)20-11-16-12-21-22-18(16)15-7-9-17(19)10-8-15/h2-10,12-13,20H,11H2,1H3,(H,21,22)/t13-/m1/s1. The largest absolute Gasteiger partial charge is 0.306 e. The molecule has 22 heavy (non-hydrogen) atoms. The van der Waals surface area contributed by atoms with E-state index in [0.29, 0.717) is 0 Å². The van der Waals surface area contributed by atoms with Gasteiger partial charge in [-0.1, -0.05) is 54.1 Å². The molecule has 3 nitrogen and oxygen atoms in total. The second-order valence-corrected chi connectivity index (χ2v) is 5.73. The van der Waals surface area contributed by atoms with Crippen LogP contribution in [0, 0.1) is 0 Å². The fourth-order valence-electron chi connectivity index (χ4n) is 2.43. The highest BCUT2D eigenvalue weighted by Gasteiger charge is 2.10. The molecule has 1 aromatic heterocycles. The van der Waals surface area contributed by atoms with Gasteiger partial charge >= 0.3 is 0 Å². The van der Waals surface area contributed by atoms with Crippen LogP contribution in [0.15, 0.2) is 60.8 Å². The van der Waals surface area contributed by atoms with Crippen molar-refractivity contribution in [1.29, 1.82) is 0 Å². The highest BCUT2D eigenvalue weighted by Crippen LogP contribution is 2.23. The molecule has 0 bridgehead atoms. The Morgan fingerprint density at radius 2 is 1.82 bits per heavy atom. The fourth-order valence-corrected chi connectivity index (χ4v) is 2.56. The number of halogens is 1. The van der Waals surface area contributed by atoms with E-state index in [9.17, 15) is 0 Å². The monoisotopic (exact) mass is 311 g/mol. The average molecular weight is 312 g/mol. The molecule has 3 rings (SSSR count). The minimum Gasteiger partial charge on any atom is -0.306 e. The molecule has 112 valence electrons. The van der Waals surface area contributed by atoms with Gasteiger partial charge < -0.3 is 5.32 Å². The minimum atomic E-state index is 0.286. The topological polar surface area (TPSA) is 40.7 Å². The van der Waals surface area contributed by atoms with E-state index in [1.165, 1.54) is 5.56 Å². The zero-order valence-corrected chi connectivity index (χ0v) is 13.1. The lowest BCUT2D eigenvalue weighted by atomic mass is 10.1. The Hall–Kier alpha value is -2.10. The van der Waals surface area contributed by atoms with Gasteiger partial charge in [-0.15, -0.1) is 0 Å². The molecule has 1 atom stereocenters. The third kappa shape index (κ3) is 3.38. The smallest absolute Gasteiger partial charge is 0.0695 e. The first-order valence-corrected chi connectivity index (χ1v) is 7.68. The molecule has 0 amide bonds. The van der Waals surface area contributed by atoms with Crippen molar-refractivity contribution >= 4 is 11.6 Å². The van der Waals surface area contributed by atoms with Crippen molar-refractivity contribution < 1.29 is 0 Å².